The maximum absolute atomic E-state index is 11.9. The molecule has 2 atom stereocenters. The minimum Gasteiger partial charge on any atom is -0.427 e. The molecule has 0 aromatic carbocycles. The van der Waals surface area contributed by atoms with Crippen molar-refractivity contribution in [3.05, 3.63) is 17.5 Å². The summed E-state index contributed by atoms with van der Waals surface area (Å²) in [6, 6.07) is 2.06. The molecule has 0 amide bonds. The van der Waals surface area contributed by atoms with Gasteiger partial charge in [-0.2, -0.15) is 5.10 Å². The van der Waals surface area contributed by atoms with E-state index in [1.165, 1.54) is 0 Å². The Bertz CT molecular complexity index is 527. The van der Waals surface area contributed by atoms with Crippen LogP contribution in [-0.2, 0) is 19.2 Å². The van der Waals surface area contributed by atoms with E-state index < -0.39 is 6.16 Å². The van der Waals surface area contributed by atoms with Gasteiger partial charge in [0.05, 0.1) is 11.7 Å². The van der Waals surface area contributed by atoms with E-state index in [1.807, 2.05) is 24.6 Å². The number of carbonyl (C=O) groups excluding carboxylic acids is 1. The molecule has 2 aliphatic rings. The first-order chi connectivity index (χ1) is 10.6. The molecule has 2 fully saturated rings. The Labute approximate surface area is 128 Å². The van der Waals surface area contributed by atoms with Gasteiger partial charge in [0.15, 0.2) is 0 Å². The van der Waals surface area contributed by atoms with Gasteiger partial charge in [0.2, 0.25) is 0 Å². The van der Waals surface area contributed by atoms with E-state index in [9.17, 15) is 4.79 Å². The molecule has 1 aliphatic heterocycles. The number of nitrogens with zero attached hydrogens (tertiary/aromatic N) is 3. The third-order valence-electron chi connectivity index (χ3n) is 3.90. The lowest BCUT2D eigenvalue weighted by Gasteiger charge is -2.31. The lowest BCUT2D eigenvalue weighted by atomic mass is 9.92. The molecule has 1 saturated carbocycles. The van der Waals surface area contributed by atoms with Crippen molar-refractivity contribution in [1.82, 2.24) is 15.2 Å². The Morgan fingerprint density at radius 3 is 2.68 bits per heavy atom. The van der Waals surface area contributed by atoms with E-state index in [-0.39, 0.29) is 12.1 Å². The van der Waals surface area contributed by atoms with Crippen molar-refractivity contribution >= 4 is 6.16 Å². The van der Waals surface area contributed by atoms with E-state index in [1.54, 1.807) is 0 Å². The fourth-order valence-corrected chi connectivity index (χ4v) is 3.00. The Morgan fingerprint density at radius 1 is 1.27 bits per heavy atom. The summed E-state index contributed by atoms with van der Waals surface area (Å²) in [5.74, 6) is 0. The molecule has 2 heterocycles. The van der Waals surface area contributed by atoms with Crippen LogP contribution >= 0.6 is 0 Å². The zero-order valence-corrected chi connectivity index (χ0v) is 12.9. The smallest absolute Gasteiger partial charge is 0.427 e. The molecule has 22 heavy (non-hydrogen) atoms. The molecule has 0 N–H and O–H groups in total. The third-order valence-corrected chi connectivity index (χ3v) is 3.90. The first kappa shape index (κ1) is 15.3. The van der Waals surface area contributed by atoms with Crippen LogP contribution in [0.1, 0.15) is 43.1 Å². The van der Waals surface area contributed by atoms with E-state index in [0.717, 1.165) is 37.1 Å². The Hall–Kier alpha value is -1.64. The van der Waals surface area contributed by atoms with Crippen LogP contribution in [-0.4, -0.2) is 40.6 Å². The second-order valence-electron chi connectivity index (χ2n) is 5.61. The lowest BCUT2D eigenvalue weighted by molar-refractivity contribution is -0.460. The quantitative estimate of drug-likeness (QED) is 0.792. The van der Waals surface area contributed by atoms with Gasteiger partial charge in [-0.1, -0.05) is 6.42 Å². The van der Waals surface area contributed by atoms with Crippen LogP contribution in [0.5, 0.6) is 0 Å². The number of rotatable bonds is 3. The molecule has 1 aromatic heterocycles. The maximum Gasteiger partial charge on any atom is 0.532 e. The first-order valence-electron chi connectivity index (χ1n) is 7.61. The van der Waals surface area contributed by atoms with E-state index in [4.69, 9.17) is 19.2 Å². The number of carbonyl (C=O) groups is 1. The lowest BCUT2D eigenvalue weighted by Crippen LogP contribution is -2.35. The summed E-state index contributed by atoms with van der Waals surface area (Å²) >= 11 is 0. The molecule has 3 rings (SSSR count). The van der Waals surface area contributed by atoms with Crippen LogP contribution in [0.25, 0.3) is 0 Å². The van der Waals surface area contributed by atoms with Crippen LogP contribution in [0.4, 0.5) is 4.79 Å². The van der Waals surface area contributed by atoms with Crippen LogP contribution in [0.2, 0.25) is 0 Å². The SMILES string of the molecule is Cc1cc(C)n([C@@H]2CCCC[C@H]2OC(=O)ON2OCCO2)n1. The monoisotopic (exact) mass is 311 g/mol. The number of hydrogen-bond donors (Lipinski definition) is 0. The van der Waals surface area contributed by atoms with Gasteiger partial charge in [0.25, 0.3) is 0 Å². The average molecular weight is 311 g/mol. The highest BCUT2D eigenvalue weighted by Gasteiger charge is 2.33. The van der Waals surface area contributed by atoms with Crippen molar-refractivity contribution in [2.75, 3.05) is 13.2 Å². The predicted octanol–water partition coefficient (Wildman–Crippen LogP) is 2.23. The molecule has 0 unspecified atom stereocenters. The Kier molecular flexibility index (Phi) is 4.60. The molecule has 1 aromatic rings. The zero-order chi connectivity index (χ0) is 15.5. The van der Waals surface area contributed by atoms with Gasteiger partial charge < -0.3 is 4.74 Å². The minimum atomic E-state index is -0.819. The van der Waals surface area contributed by atoms with Gasteiger partial charge in [0, 0.05) is 5.69 Å². The highest BCUT2D eigenvalue weighted by atomic mass is 17.2. The normalized spacial score (nSPS) is 26.1. The second-order valence-corrected chi connectivity index (χ2v) is 5.61. The summed E-state index contributed by atoms with van der Waals surface area (Å²) in [7, 11) is 0. The standard InChI is InChI=1S/C14H21N3O5/c1-10-9-11(2)16(15-10)12-5-3-4-6-13(12)21-14(18)22-17-19-7-8-20-17/h9,12-13H,3-8H2,1-2H3/t12-,13-/m1/s1. The summed E-state index contributed by atoms with van der Waals surface area (Å²) in [5.41, 5.74) is 2.03. The number of ether oxygens (including phenoxy) is 1. The number of aryl methyl sites for hydroxylation is 2. The molecule has 8 heteroatoms. The largest absolute Gasteiger partial charge is 0.532 e. The van der Waals surface area contributed by atoms with Crippen LogP contribution in [0.15, 0.2) is 6.07 Å². The molecular formula is C14H21N3O5. The van der Waals surface area contributed by atoms with Gasteiger partial charge in [0.1, 0.15) is 24.7 Å². The predicted molar refractivity (Wildman–Crippen MR) is 74.3 cm³/mol. The van der Waals surface area contributed by atoms with Crippen LogP contribution in [0.3, 0.4) is 0 Å². The molecule has 1 aliphatic carbocycles. The van der Waals surface area contributed by atoms with Gasteiger partial charge >= 0.3 is 6.16 Å². The average Bonchev–Trinajstić information content (AvgIpc) is 3.09. The minimum absolute atomic E-state index is 0.0374. The van der Waals surface area contributed by atoms with E-state index in [2.05, 4.69) is 5.10 Å². The summed E-state index contributed by atoms with van der Waals surface area (Å²) in [6.45, 7) is 4.67. The van der Waals surface area contributed by atoms with Crippen LogP contribution < -0.4 is 0 Å². The molecule has 122 valence electrons. The molecule has 8 nitrogen and oxygen atoms in total. The zero-order valence-electron chi connectivity index (χ0n) is 12.9. The van der Waals surface area contributed by atoms with E-state index >= 15 is 0 Å². The van der Waals surface area contributed by atoms with Crippen molar-refractivity contribution in [2.24, 2.45) is 0 Å². The number of aromatic nitrogens is 2. The molecule has 0 radical (unpaired) electrons. The van der Waals surface area contributed by atoms with E-state index in [0.29, 0.717) is 18.6 Å². The highest BCUT2D eigenvalue weighted by Crippen LogP contribution is 2.32. The summed E-state index contributed by atoms with van der Waals surface area (Å²) < 4.78 is 7.41. The fourth-order valence-electron chi connectivity index (χ4n) is 3.00. The second kappa shape index (κ2) is 6.64. The topological polar surface area (TPSA) is 75.1 Å². The molecule has 1 saturated heterocycles. The van der Waals surface area contributed by atoms with Crippen molar-refractivity contribution < 1.29 is 24.0 Å². The fraction of sp³-hybridized carbons (Fsp3) is 0.714. The van der Waals surface area contributed by atoms with Gasteiger partial charge in [-0.3, -0.25) is 9.52 Å². The highest BCUT2D eigenvalue weighted by molar-refractivity contribution is 5.59. The summed E-state index contributed by atoms with van der Waals surface area (Å²) in [6.07, 6.45) is 2.75. The molecular weight excluding hydrogens is 290 g/mol. The van der Waals surface area contributed by atoms with Crippen LogP contribution in [0, 0.1) is 13.8 Å². The van der Waals surface area contributed by atoms with Crippen molar-refractivity contribution in [2.45, 2.75) is 51.7 Å². The van der Waals surface area contributed by atoms with Gasteiger partial charge in [-0.05, 0) is 39.2 Å². The Morgan fingerprint density at radius 2 is 2.00 bits per heavy atom. The van der Waals surface area contributed by atoms with Crippen molar-refractivity contribution in [3.8, 4) is 0 Å². The molecule has 0 bridgehead atoms. The van der Waals surface area contributed by atoms with Crippen molar-refractivity contribution in [3.63, 3.8) is 0 Å². The summed E-state index contributed by atoms with van der Waals surface area (Å²) in [5, 5.41) is 5.22. The first-order valence-corrected chi connectivity index (χ1v) is 7.61. The van der Waals surface area contributed by atoms with Crippen molar-refractivity contribution in [1.29, 1.82) is 0 Å². The maximum atomic E-state index is 11.9. The number of hydrogen-bond acceptors (Lipinski definition) is 7. The van der Waals surface area contributed by atoms with Gasteiger partial charge in [-0.25, -0.2) is 14.5 Å². The summed E-state index contributed by atoms with van der Waals surface area (Å²) in [4.78, 5) is 26.5. The Balaban J connectivity index is 1.64. The van der Waals surface area contributed by atoms with Gasteiger partial charge in [-0.15, -0.1) is 0 Å². The third kappa shape index (κ3) is 3.40. The molecule has 0 spiro atoms.